The van der Waals surface area contributed by atoms with Gasteiger partial charge in [-0.2, -0.15) is 0 Å². The van der Waals surface area contributed by atoms with Crippen molar-refractivity contribution < 1.29 is 4.79 Å². The third-order valence-electron chi connectivity index (χ3n) is 5.23. The molecule has 2 heterocycles. The molecule has 4 heteroatoms. The molecule has 0 radical (unpaired) electrons. The summed E-state index contributed by atoms with van der Waals surface area (Å²) in [5.41, 5.74) is 0.849. The first-order valence-electron chi connectivity index (χ1n) is 9.24. The van der Waals surface area contributed by atoms with Crippen LogP contribution in [0.1, 0.15) is 57.1 Å². The van der Waals surface area contributed by atoms with Crippen LogP contribution in [0.5, 0.6) is 0 Å². The molecule has 0 aromatic carbocycles. The van der Waals surface area contributed by atoms with Gasteiger partial charge in [0, 0.05) is 30.5 Å². The Labute approximate surface area is 139 Å². The normalized spacial score (nSPS) is 24.1. The van der Waals surface area contributed by atoms with Crippen LogP contribution < -0.4 is 5.32 Å². The molecule has 1 atom stereocenters. The molecule has 1 saturated carbocycles. The van der Waals surface area contributed by atoms with Crippen molar-refractivity contribution in [3.05, 3.63) is 30.1 Å². The van der Waals surface area contributed by atoms with E-state index in [1.165, 1.54) is 51.5 Å². The van der Waals surface area contributed by atoms with E-state index in [0.717, 1.165) is 24.7 Å². The Kier molecular flexibility index (Phi) is 6.03. The maximum atomic E-state index is 12.2. The Morgan fingerprint density at radius 1 is 1.13 bits per heavy atom. The van der Waals surface area contributed by atoms with Crippen molar-refractivity contribution in [3.63, 3.8) is 0 Å². The third kappa shape index (κ3) is 5.03. The molecule has 1 aromatic heterocycles. The monoisotopic (exact) mass is 315 g/mol. The van der Waals surface area contributed by atoms with Gasteiger partial charge in [0.2, 0.25) is 5.91 Å². The van der Waals surface area contributed by atoms with Crippen LogP contribution in [0.4, 0.5) is 0 Å². The summed E-state index contributed by atoms with van der Waals surface area (Å²) in [4.78, 5) is 19.1. The second kappa shape index (κ2) is 8.44. The Hall–Kier alpha value is -1.42. The molecule has 4 nitrogen and oxygen atoms in total. The number of hydrogen-bond acceptors (Lipinski definition) is 3. The number of pyridine rings is 1. The number of carbonyl (C=O) groups excluding carboxylic acids is 1. The molecular weight excluding hydrogens is 286 g/mol. The van der Waals surface area contributed by atoms with Gasteiger partial charge in [-0.25, -0.2) is 0 Å². The lowest BCUT2D eigenvalue weighted by molar-refractivity contribution is -0.121. The Balaban J connectivity index is 1.49. The number of carbonyl (C=O) groups is 1. The van der Waals surface area contributed by atoms with E-state index in [0.29, 0.717) is 12.5 Å². The first-order valence-corrected chi connectivity index (χ1v) is 9.24. The van der Waals surface area contributed by atoms with Crippen LogP contribution in [0.2, 0.25) is 0 Å². The lowest BCUT2D eigenvalue weighted by Crippen LogP contribution is -2.51. The van der Waals surface area contributed by atoms with Gasteiger partial charge in [0.15, 0.2) is 0 Å². The zero-order chi connectivity index (χ0) is 15.9. The number of amides is 1. The minimum atomic E-state index is 0.108. The number of nitrogens with zero attached hydrogens (tertiary/aromatic N) is 2. The molecule has 23 heavy (non-hydrogen) atoms. The van der Waals surface area contributed by atoms with Crippen LogP contribution in [0.15, 0.2) is 24.4 Å². The van der Waals surface area contributed by atoms with Gasteiger partial charge in [-0.05, 0) is 44.4 Å². The molecule has 0 spiro atoms. The fourth-order valence-electron chi connectivity index (χ4n) is 4.02. The van der Waals surface area contributed by atoms with E-state index in [2.05, 4.69) is 15.2 Å². The molecule has 0 bridgehead atoms. The van der Waals surface area contributed by atoms with E-state index in [9.17, 15) is 4.79 Å². The Bertz CT molecular complexity index is 483. The molecule has 2 fully saturated rings. The van der Waals surface area contributed by atoms with Gasteiger partial charge in [-0.1, -0.05) is 31.7 Å². The van der Waals surface area contributed by atoms with Crippen LogP contribution in [0.3, 0.4) is 0 Å². The summed E-state index contributed by atoms with van der Waals surface area (Å²) >= 11 is 0. The quantitative estimate of drug-likeness (QED) is 0.869. The second-order valence-electron chi connectivity index (χ2n) is 7.04. The Morgan fingerprint density at radius 2 is 1.96 bits per heavy atom. The molecular formula is C19H29N3O. The van der Waals surface area contributed by atoms with E-state index >= 15 is 0 Å². The smallest absolute Gasteiger partial charge is 0.226 e. The van der Waals surface area contributed by atoms with E-state index < -0.39 is 0 Å². The number of piperidine rings is 1. The number of aromatic nitrogens is 1. The molecule has 1 aliphatic heterocycles. The summed E-state index contributed by atoms with van der Waals surface area (Å²) in [6.07, 6.45) is 12.7. The molecule has 1 saturated heterocycles. The number of nitrogens with one attached hydrogen (secondary N) is 1. The van der Waals surface area contributed by atoms with E-state index in [-0.39, 0.29) is 5.91 Å². The highest BCUT2D eigenvalue weighted by molar-refractivity contribution is 5.78. The van der Waals surface area contributed by atoms with Crippen LogP contribution in [-0.4, -0.2) is 41.0 Å². The fourth-order valence-corrected chi connectivity index (χ4v) is 4.02. The van der Waals surface area contributed by atoms with Gasteiger partial charge in [-0.15, -0.1) is 0 Å². The maximum absolute atomic E-state index is 12.2. The van der Waals surface area contributed by atoms with Crippen molar-refractivity contribution in [2.24, 2.45) is 0 Å². The van der Waals surface area contributed by atoms with Crippen LogP contribution in [-0.2, 0) is 11.2 Å². The lowest BCUT2D eigenvalue weighted by Gasteiger charge is -2.38. The van der Waals surface area contributed by atoms with Crippen molar-refractivity contribution >= 4 is 5.91 Å². The molecule has 1 amide bonds. The van der Waals surface area contributed by atoms with Crippen molar-refractivity contribution in [2.45, 2.75) is 69.9 Å². The lowest BCUT2D eigenvalue weighted by atomic mass is 9.99. The summed E-state index contributed by atoms with van der Waals surface area (Å²) in [6.45, 7) is 2.23. The summed E-state index contributed by atoms with van der Waals surface area (Å²) < 4.78 is 0. The number of likely N-dealkylation sites (tertiary alicyclic amines) is 1. The first kappa shape index (κ1) is 16.4. The molecule has 1 aliphatic carbocycles. The minimum absolute atomic E-state index is 0.108. The maximum Gasteiger partial charge on any atom is 0.226 e. The van der Waals surface area contributed by atoms with Crippen molar-refractivity contribution in [2.75, 3.05) is 13.1 Å². The van der Waals surface area contributed by atoms with Crippen molar-refractivity contribution in [1.82, 2.24) is 15.2 Å². The third-order valence-corrected chi connectivity index (χ3v) is 5.23. The summed E-state index contributed by atoms with van der Waals surface area (Å²) in [5, 5.41) is 3.23. The van der Waals surface area contributed by atoms with Crippen molar-refractivity contribution in [1.29, 1.82) is 0 Å². The highest BCUT2D eigenvalue weighted by Gasteiger charge is 2.27. The predicted octanol–water partition coefficient (Wildman–Crippen LogP) is 2.93. The van der Waals surface area contributed by atoms with Gasteiger partial charge in [0.05, 0.1) is 6.42 Å². The van der Waals surface area contributed by atoms with Gasteiger partial charge in [-0.3, -0.25) is 14.7 Å². The summed E-state index contributed by atoms with van der Waals surface area (Å²) in [5.74, 6) is 0.108. The van der Waals surface area contributed by atoms with Crippen LogP contribution in [0.25, 0.3) is 0 Å². The molecule has 2 aliphatic rings. The van der Waals surface area contributed by atoms with Gasteiger partial charge >= 0.3 is 0 Å². The molecule has 1 unspecified atom stereocenters. The molecule has 126 valence electrons. The van der Waals surface area contributed by atoms with Crippen molar-refractivity contribution in [3.8, 4) is 0 Å². The van der Waals surface area contributed by atoms with E-state index in [1.54, 1.807) is 6.20 Å². The highest BCUT2D eigenvalue weighted by Crippen LogP contribution is 2.24. The topological polar surface area (TPSA) is 45.2 Å². The van der Waals surface area contributed by atoms with Gasteiger partial charge in [0.1, 0.15) is 0 Å². The second-order valence-corrected chi connectivity index (χ2v) is 7.04. The zero-order valence-electron chi connectivity index (χ0n) is 14.0. The zero-order valence-corrected chi connectivity index (χ0v) is 14.0. The largest absolute Gasteiger partial charge is 0.352 e. The SMILES string of the molecule is O=C(Cc1ccccn1)NC1CCCN(C2CCCCCC2)C1. The summed E-state index contributed by atoms with van der Waals surface area (Å²) in [7, 11) is 0. The van der Waals surface area contributed by atoms with Crippen LogP contribution in [0, 0.1) is 0 Å². The predicted molar refractivity (Wildman–Crippen MR) is 92.2 cm³/mol. The highest BCUT2D eigenvalue weighted by atomic mass is 16.1. The minimum Gasteiger partial charge on any atom is -0.352 e. The molecule has 1 N–H and O–H groups in total. The van der Waals surface area contributed by atoms with Gasteiger partial charge < -0.3 is 5.32 Å². The van der Waals surface area contributed by atoms with E-state index in [4.69, 9.17) is 0 Å². The standard InChI is InChI=1S/C19H29N3O/c23-19(14-16-8-5-6-12-20-16)21-17-9-7-13-22(15-17)18-10-3-1-2-4-11-18/h5-6,8,12,17-18H,1-4,7,9-11,13-15H2,(H,21,23). The Morgan fingerprint density at radius 3 is 2.70 bits per heavy atom. The fraction of sp³-hybridized carbons (Fsp3) is 0.684. The molecule has 3 rings (SSSR count). The van der Waals surface area contributed by atoms with Crippen LogP contribution >= 0.6 is 0 Å². The van der Waals surface area contributed by atoms with E-state index in [1.807, 2.05) is 18.2 Å². The average Bonchev–Trinajstić information content (AvgIpc) is 2.85. The molecule has 1 aromatic rings. The average molecular weight is 315 g/mol. The number of hydrogen-bond donors (Lipinski definition) is 1. The number of rotatable bonds is 4. The van der Waals surface area contributed by atoms with Gasteiger partial charge in [0.25, 0.3) is 0 Å². The first-order chi connectivity index (χ1) is 11.3. The summed E-state index contributed by atoms with van der Waals surface area (Å²) in [6, 6.07) is 6.78.